The number of benzene rings is 3. The molecule has 2 amide bonds. The number of alkyl halides is 3. The maximum absolute atomic E-state index is 12.8. The number of rotatable bonds is 6. The summed E-state index contributed by atoms with van der Waals surface area (Å²) in [7, 11) is 0. The van der Waals surface area contributed by atoms with Crippen molar-refractivity contribution in [3.8, 4) is 11.4 Å². The highest BCUT2D eigenvalue weighted by atomic mass is 19.4. The Balaban J connectivity index is 1.29. The molecule has 0 saturated heterocycles. The fourth-order valence-corrected chi connectivity index (χ4v) is 3.16. The van der Waals surface area contributed by atoms with E-state index >= 15 is 0 Å². The molecule has 182 valence electrons. The van der Waals surface area contributed by atoms with Gasteiger partial charge in [0.2, 0.25) is 5.82 Å². The van der Waals surface area contributed by atoms with E-state index < -0.39 is 23.6 Å². The zero-order valence-corrected chi connectivity index (χ0v) is 18.6. The number of aromatic nitrogens is 4. The Morgan fingerprint density at radius 2 is 1.67 bits per heavy atom. The van der Waals surface area contributed by atoms with Crippen molar-refractivity contribution in [3.63, 3.8) is 0 Å². The number of nitrogens with zero attached hydrogens (tertiary/aromatic N) is 4. The van der Waals surface area contributed by atoms with Gasteiger partial charge in [0.15, 0.2) is 0 Å². The van der Waals surface area contributed by atoms with Crippen LogP contribution in [-0.4, -0.2) is 32.0 Å². The van der Waals surface area contributed by atoms with Gasteiger partial charge >= 0.3 is 6.18 Å². The number of carbonyl (C=O) groups is 2. The predicted molar refractivity (Wildman–Crippen MR) is 125 cm³/mol. The highest BCUT2D eigenvalue weighted by Gasteiger charge is 2.30. The van der Waals surface area contributed by atoms with Crippen LogP contribution in [0.25, 0.3) is 17.5 Å². The van der Waals surface area contributed by atoms with Crippen LogP contribution in [0.5, 0.6) is 0 Å². The van der Waals surface area contributed by atoms with Crippen molar-refractivity contribution in [3.05, 3.63) is 107 Å². The minimum absolute atomic E-state index is 0.194. The van der Waals surface area contributed by atoms with Gasteiger partial charge in [-0.25, -0.2) is 0 Å². The maximum Gasteiger partial charge on any atom is 0.416 e. The van der Waals surface area contributed by atoms with Gasteiger partial charge in [0.1, 0.15) is 0 Å². The number of tetrazole rings is 1. The van der Waals surface area contributed by atoms with Crippen LogP contribution in [0.15, 0.2) is 84.9 Å². The molecule has 0 fully saturated rings. The average Bonchev–Trinajstić information content (AvgIpc) is 3.35. The van der Waals surface area contributed by atoms with E-state index in [0.29, 0.717) is 12.4 Å². The van der Waals surface area contributed by atoms with Gasteiger partial charge in [-0.2, -0.15) is 18.0 Å². The molecule has 4 rings (SSSR count). The number of halogens is 3. The summed E-state index contributed by atoms with van der Waals surface area (Å²) in [5.74, 6) is -0.763. The normalized spacial score (nSPS) is 11.4. The summed E-state index contributed by atoms with van der Waals surface area (Å²) in [5, 5.41) is 12.4. The van der Waals surface area contributed by atoms with Crippen LogP contribution in [0.2, 0.25) is 0 Å². The Kier molecular flexibility index (Phi) is 7.19. The summed E-state index contributed by atoms with van der Waals surface area (Å²) in [6, 6.07) is 20.5. The van der Waals surface area contributed by atoms with E-state index in [9.17, 15) is 22.8 Å². The lowest BCUT2D eigenvalue weighted by molar-refractivity contribution is -0.137. The minimum atomic E-state index is -4.48. The molecule has 0 aliphatic heterocycles. The molecule has 8 nitrogen and oxygen atoms in total. The van der Waals surface area contributed by atoms with Crippen molar-refractivity contribution in [1.29, 1.82) is 0 Å². The zero-order chi connectivity index (χ0) is 25.5. The molecular formula is C25H19F3N6O2. The topological polar surface area (TPSA) is 102 Å². The van der Waals surface area contributed by atoms with Crippen LogP contribution < -0.4 is 10.9 Å². The van der Waals surface area contributed by atoms with Crippen molar-refractivity contribution in [2.75, 3.05) is 0 Å². The van der Waals surface area contributed by atoms with Gasteiger partial charge in [0, 0.05) is 17.2 Å². The number of hydrogen-bond donors (Lipinski definition) is 2. The molecule has 3 aromatic carbocycles. The van der Waals surface area contributed by atoms with E-state index in [2.05, 4.69) is 26.3 Å². The number of amides is 2. The van der Waals surface area contributed by atoms with E-state index in [1.165, 1.54) is 23.0 Å². The summed E-state index contributed by atoms with van der Waals surface area (Å²) in [6.45, 7) is 0.346. The Morgan fingerprint density at radius 1 is 0.917 bits per heavy atom. The summed E-state index contributed by atoms with van der Waals surface area (Å²) in [6.07, 6.45) is -2.24. The van der Waals surface area contributed by atoms with E-state index in [1.807, 2.05) is 30.3 Å². The fraction of sp³-hybridized carbons (Fsp3) is 0.0800. The fourth-order valence-electron chi connectivity index (χ4n) is 3.16. The molecule has 4 aromatic rings. The van der Waals surface area contributed by atoms with Crippen molar-refractivity contribution in [2.24, 2.45) is 0 Å². The average molecular weight is 492 g/mol. The third-order valence-corrected chi connectivity index (χ3v) is 4.97. The number of hydrogen-bond acceptors (Lipinski definition) is 5. The van der Waals surface area contributed by atoms with Gasteiger partial charge in [0.05, 0.1) is 12.1 Å². The monoisotopic (exact) mass is 492 g/mol. The summed E-state index contributed by atoms with van der Waals surface area (Å²) < 4.78 is 38.3. The lowest BCUT2D eigenvalue weighted by Gasteiger charge is -2.07. The van der Waals surface area contributed by atoms with Crippen molar-refractivity contribution < 1.29 is 22.8 Å². The molecule has 1 heterocycles. The van der Waals surface area contributed by atoms with Crippen molar-refractivity contribution in [2.45, 2.75) is 12.7 Å². The minimum Gasteiger partial charge on any atom is -0.268 e. The van der Waals surface area contributed by atoms with E-state index in [0.717, 1.165) is 29.3 Å². The van der Waals surface area contributed by atoms with Gasteiger partial charge in [0.25, 0.3) is 11.8 Å². The number of hydrazine groups is 1. The standard InChI is InChI=1S/C25H19F3N6O2/c26-25(27,28)21-8-4-5-17(15-21)11-14-22(35)29-31-24(36)20-12-9-18(10-13-20)16-34-32-23(30-33-34)19-6-2-1-3-7-19/h1-15H,16H2,(H,29,35)(H,31,36)/b14-11+. The smallest absolute Gasteiger partial charge is 0.268 e. The Hall–Kier alpha value is -4.80. The highest BCUT2D eigenvalue weighted by molar-refractivity contribution is 5.97. The van der Waals surface area contributed by atoms with E-state index in [4.69, 9.17) is 0 Å². The van der Waals surface area contributed by atoms with Gasteiger partial charge in [-0.15, -0.1) is 10.2 Å². The second kappa shape index (κ2) is 10.6. The SMILES string of the molecule is O=C(/C=C/c1cccc(C(F)(F)F)c1)NNC(=O)c1ccc(Cn2nnc(-c3ccccc3)n2)cc1. The van der Waals surface area contributed by atoms with Gasteiger partial charge in [-0.05, 0) is 46.7 Å². The van der Waals surface area contributed by atoms with Crippen LogP contribution in [0.4, 0.5) is 13.2 Å². The van der Waals surface area contributed by atoms with Gasteiger partial charge in [-0.3, -0.25) is 20.4 Å². The molecule has 0 spiro atoms. The molecule has 11 heteroatoms. The van der Waals surface area contributed by atoms with Crippen LogP contribution in [0.3, 0.4) is 0 Å². The molecule has 0 aliphatic carbocycles. The first-order valence-electron chi connectivity index (χ1n) is 10.7. The number of carbonyl (C=O) groups excluding carboxylic acids is 2. The molecule has 0 atom stereocenters. The number of nitrogens with one attached hydrogen (secondary N) is 2. The molecule has 0 aliphatic rings. The van der Waals surface area contributed by atoms with E-state index in [1.54, 1.807) is 24.3 Å². The second-order valence-corrected chi connectivity index (χ2v) is 7.61. The van der Waals surface area contributed by atoms with Gasteiger partial charge < -0.3 is 0 Å². The zero-order valence-electron chi connectivity index (χ0n) is 18.6. The maximum atomic E-state index is 12.8. The first-order chi connectivity index (χ1) is 17.3. The lowest BCUT2D eigenvalue weighted by Crippen LogP contribution is -2.40. The first kappa shape index (κ1) is 24.3. The molecular weight excluding hydrogens is 473 g/mol. The molecule has 1 aromatic heterocycles. The van der Waals surface area contributed by atoms with Crippen molar-refractivity contribution in [1.82, 2.24) is 31.1 Å². The second-order valence-electron chi connectivity index (χ2n) is 7.61. The molecule has 0 radical (unpaired) electrons. The van der Waals surface area contributed by atoms with Gasteiger partial charge in [-0.1, -0.05) is 54.6 Å². The third-order valence-electron chi connectivity index (χ3n) is 4.97. The summed E-state index contributed by atoms with van der Waals surface area (Å²) in [4.78, 5) is 25.7. The Labute approximate surface area is 203 Å². The highest BCUT2D eigenvalue weighted by Crippen LogP contribution is 2.29. The Bertz CT molecular complexity index is 1380. The molecule has 0 bridgehead atoms. The quantitative estimate of drug-likeness (QED) is 0.314. The van der Waals surface area contributed by atoms with Crippen LogP contribution >= 0.6 is 0 Å². The first-order valence-corrected chi connectivity index (χ1v) is 10.7. The molecule has 36 heavy (non-hydrogen) atoms. The molecule has 2 N–H and O–H groups in total. The summed E-state index contributed by atoms with van der Waals surface area (Å²) >= 11 is 0. The van der Waals surface area contributed by atoms with Crippen LogP contribution in [-0.2, 0) is 17.5 Å². The third kappa shape index (κ3) is 6.41. The Morgan fingerprint density at radius 3 is 2.39 bits per heavy atom. The largest absolute Gasteiger partial charge is 0.416 e. The molecule has 0 unspecified atom stereocenters. The van der Waals surface area contributed by atoms with Crippen LogP contribution in [0.1, 0.15) is 27.0 Å². The van der Waals surface area contributed by atoms with E-state index in [-0.39, 0.29) is 11.1 Å². The predicted octanol–water partition coefficient (Wildman–Crippen LogP) is 3.88. The lowest BCUT2D eigenvalue weighted by atomic mass is 10.1. The summed E-state index contributed by atoms with van der Waals surface area (Å²) in [5.41, 5.74) is 5.78. The molecule has 0 saturated carbocycles. The van der Waals surface area contributed by atoms with Crippen molar-refractivity contribution >= 4 is 17.9 Å². The van der Waals surface area contributed by atoms with Crippen LogP contribution in [0, 0.1) is 0 Å².